The molecule has 0 saturated heterocycles. The minimum absolute atomic E-state index is 0.464. The topological polar surface area (TPSA) is 78.9 Å². The molecule has 1 amide bonds. The Morgan fingerprint density at radius 3 is 2.71 bits per heavy atom. The van der Waals surface area contributed by atoms with Crippen LogP contribution in [-0.4, -0.2) is 13.0 Å². The van der Waals surface area contributed by atoms with E-state index in [4.69, 9.17) is 11.0 Å². The second kappa shape index (κ2) is 4.40. The van der Waals surface area contributed by atoms with Crippen molar-refractivity contribution in [3.63, 3.8) is 0 Å². The van der Waals surface area contributed by atoms with Crippen LogP contribution in [0, 0.1) is 11.3 Å². The lowest BCUT2D eigenvalue weighted by Crippen LogP contribution is -2.31. The standard InChI is InChI=1S/C10H11N3O/c1-13-9(10(12)14)8-5-3-2-4-7(8)6-11/h2-5,9,13H,1H3,(H2,12,14). The molecule has 0 heterocycles. The highest BCUT2D eigenvalue weighted by Crippen LogP contribution is 2.16. The van der Waals surface area contributed by atoms with Gasteiger partial charge in [-0.05, 0) is 18.7 Å². The monoisotopic (exact) mass is 189 g/mol. The molecule has 3 N–H and O–H groups in total. The van der Waals surface area contributed by atoms with Crippen molar-refractivity contribution in [3.8, 4) is 6.07 Å². The molecule has 0 aromatic heterocycles. The Kier molecular flexibility index (Phi) is 3.21. The van der Waals surface area contributed by atoms with Crippen molar-refractivity contribution in [1.82, 2.24) is 5.32 Å². The van der Waals surface area contributed by atoms with E-state index in [1.54, 1.807) is 31.3 Å². The lowest BCUT2D eigenvalue weighted by Gasteiger charge is -2.13. The molecule has 0 aliphatic heterocycles. The lowest BCUT2D eigenvalue weighted by molar-refractivity contribution is -0.120. The highest BCUT2D eigenvalue weighted by Gasteiger charge is 2.17. The van der Waals surface area contributed by atoms with E-state index >= 15 is 0 Å². The number of carbonyl (C=O) groups is 1. The minimum Gasteiger partial charge on any atom is -0.368 e. The number of benzene rings is 1. The van der Waals surface area contributed by atoms with Crippen molar-refractivity contribution >= 4 is 5.91 Å². The van der Waals surface area contributed by atoms with Crippen LogP contribution in [0.1, 0.15) is 17.2 Å². The molecule has 1 aromatic carbocycles. The molecule has 1 atom stereocenters. The van der Waals surface area contributed by atoms with Gasteiger partial charge >= 0.3 is 0 Å². The van der Waals surface area contributed by atoms with Crippen LogP contribution >= 0.6 is 0 Å². The molecular formula is C10H11N3O. The summed E-state index contributed by atoms with van der Waals surface area (Å²) >= 11 is 0. The summed E-state index contributed by atoms with van der Waals surface area (Å²) in [6, 6.07) is 8.29. The van der Waals surface area contributed by atoms with Gasteiger partial charge in [-0.1, -0.05) is 18.2 Å². The number of hydrogen-bond acceptors (Lipinski definition) is 3. The fraction of sp³-hybridized carbons (Fsp3) is 0.200. The van der Waals surface area contributed by atoms with Gasteiger partial charge in [-0.2, -0.15) is 5.26 Å². The largest absolute Gasteiger partial charge is 0.368 e. The number of amides is 1. The van der Waals surface area contributed by atoms with Crippen LogP contribution in [0.3, 0.4) is 0 Å². The van der Waals surface area contributed by atoms with E-state index in [1.165, 1.54) is 0 Å². The van der Waals surface area contributed by atoms with Crippen LogP contribution in [0.25, 0.3) is 0 Å². The molecule has 0 aliphatic rings. The van der Waals surface area contributed by atoms with E-state index in [1.807, 2.05) is 6.07 Å². The zero-order valence-corrected chi connectivity index (χ0v) is 7.82. The summed E-state index contributed by atoms with van der Waals surface area (Å²) in [5.41, 5.74) is 6.27. The zero-order valence-electron chi connectivity index (χ0n) is 7.82. The maximum Gasteiger partial charge on any atom is 0.239 e. The summed E-state index contributed by atoms with van der Waals surface area (Å²) in [6.45, 7) is 0. The summed E-state index contributed by atoms with van der Waals surface area (Å²) in [6.07, 6.45) is 0. The van der Waals surface area contributed by atoms with E-state index in [2.05, 4.69) is 5.32 Å². The number of nitrogens with zero attached hydrogens (tertiary/aromatic N) is 1. The van der Waals surface area contributed by atoms with Crippen molar-refractivity contribution in [3.05, 3.63) is 35.4 Å². The first kappa shape index (κ1) is 10.2. The SMILES string of the molecule is CNC(C(N)=O)c1ccccc1C#N. The van der Waals surface area contributed by atoms with Crippen LogP contribution in [0.2, 0.25) is 0 Å². The smallest absolute Gasteiger partial charge is 0.239 e. The van der Waals surface area contributed by atoms with Gasteiger partial charge in [-0.25, -0.2) is 0 Å². The van der Waals surface area contributed by atoms with Crippen molar-refractivity contribution in [2.24, 2.45) is 5.73 Å². The second-order valence-electron chi connectivity index (χ2n) is 2.82. The van der Waals surface area contributed by atoms with Crippen LogP contribution < -0.4 is 11.1 Å². The molecule has 0 spiro atoms. The van der Waals surface area contributed by atoms with Gasteiger partial charge in [0.1, 0.15) is 6.04 Å². The number of hydrogen-bond donors (Lipinski definition) is 2. The number of rotatable bonds is 3. The average Bonchev–Trinajstić information content (AvgIpc) is 2.19. The fourth-order valence-corrected chi connectivity index (χ4v) is 1.30. The third kappa shape index (κ3) is 1.90. The minimum atomic E-state index is -0.606. The summed E-state index contributed by atoms with van der Waals surface area (Å²) in [5, 5.41) is 11.6. The number of nitrogens with one attached hydrogen (secondary N) is 1. The Morgan fingerprint density at radius 2 is 2.21 bits per heavy atom. The molecule has 4 nitrogen and oxygen atoms in total. The maximum atomic E-state index is 11.0. The van der Waals surface area contributed by atoms with Crippen molar-refractivity contribution in [2.75, 3.05) is 7.05 Å². The van der Waals surface area contributed by atoms with Gasteiger partial charge < -0.3 is 11.1 Å². The van der Waals surface area contributed by atoms with Crippen LogP contribution in [0.5, 0.6) is 0 Å². The van der Waals surface area contributed by atoms with Gasteiger partial charge in [0.05, 0.1) is 11.6 Å². The molecule has 0 radical (unpaired) electrons. The van der Waals surface area contributed by atoms with Crippen molar-refractivity contribution < 1.29 is 4.79 Å². The Morgan fingerprint density at radius 1 is 1.57 bits per heavy atom. The molecule has 1 unspecified atom stereocenters. The summed E-state index contributed by atoms with van der Waals surface area (Å²) in [5.74, 6) is -0.491. The molecule has 0 fully saturated rings. The molecule has 4 heteroatoms. The number of carbonyl (C=O) groups excluding carboxylic acids is 1. The number of nitrogens with two attached hydrogens (primary N) is 1. The normalized spacial score (nSPS) is 11.7. The van der Waals surface area contributed by atoms with Gasteiger partial charge in [0.15, 0.2) is 0 Å². The average molecular weight is 189 g/mol. The van der Waals surface area contributed by atoms with Gasteiger partial charge in [0.25, 0.3) is 0 Å². The zero-order chi connectivity index (χ0) is 10.6. The van der Waals surface area contributed by atoms with Gasteiger partial charge in [-0.3, -0.25) is 4.79 Å². The van der Waals surface area contributed by atoms with Crippen LogP contribution in [0.15, 0.2) is 24.3 Å². The van der Waals surface area contributed by atoms with Gasteiger partial charge in [0.2, 0.25) is 5.91 Å². The lowest BCUT2D eigenvalue weighted by atomic mass is 10.0. The fourth-order valence-electron chi connectivity index (χ4n) is 1.30. The molecule has 1 aromatic rings. The third-order valence-electron chi connectivity index (χ3n) is 1.97. The number of likely N-dealkylation sites (N-methyl/N-ethyl adjacent to an activating group) is 1. The van der Waals surface area contributed by atoms with E-state index in [0.29, 0.717) is 11.1 Å². The first-order chi connectivity index (χ1) is 6.70. The molecule has 0 bridgehead atoms. The van der Waals surface area contributed by atoms with Gasteiger partial charge in [0, 0.05) is 0 Å². The molecular weight excluding hydrogens is 178 g/mol. The molecule has 14 heavy (non-hydrogen) atoms. The van der Waals surface area contributed by atoms with E-state index in [0.717, 1.165) is 0 Å². The summed E-state index contributed by atoms with van der Waals surface area (Å²) in [7, 11) is 1.63. The molecule has 72 valence electrons. The Bertz CT molecular complexity index is 381. The highest BCUT2D eigenvalue weighted by atomic mass is 16.1. The number of nitriles is 1. The highest BCUT2D eigenvalue weighted by molar-refractivity contribution is 5.82. The molecule has 0 saturated carbocycles. The Labute approximate surface area is 82.3 Å². The molecule has 1 rings (SSSR count). The first-order valence-corrected chi connectivity index (χ1v) is 4.16. The van der Waals surface area contributed by atoms with E-state index < -0.39 is 11.9 Å². The number of primary amides is 1. The quantitative estimate of drug-likeness (QED) is 0.718. The van der Waals surface area contributed by atoms with Crippen molar-refractivity contribution in [1.29, 1.82) is 5.26 Å². The second-order valence-corrected chi connectivity index (χ2v) is 2.82. The summed E-state index contributed by atoms with van der Waals surface area (Å²) in [4.78, 5) is 11.0. The first-order valence-electron chi connectivity index (χ1n) is 4.16. The predicted molar refractivity (Wildman–Crippen MR) is 52.2 cm³/mol. The predicted octanol–water partition coefficient (Wildman–Crippen LogP) is 0.304. The van der Waals surface area contributed by atoms with Crippen molar-refractivity contribution in [2.45, 2.75) is 6.04 Å². The maximum absolute atomic E-state index is 11.0. The Balaban J connectivity index is 3.17. The van der Waals surface area contributed by atoms with Crippen LogP contribution in [-0.2, 0) is 4.79 Å². The third-order valence-corrected chi connectivity index (χ3v) is 1.97. The van der Waals surface area contributed by atoms with Gasteiger partial charge in [-0.15, -0.1) is 0 Å². The van der Waals surface area contributed by atoms with E-state index in [9.17, 15) is 4.79 Å². The van der Waals surface area contributed by atoms with E-state index in [-0.39, 0.29) is 0 Å². The Hall–Kier alpha value is -1.86. The summed E-state index contributed by atoms with van der Waals surface area (Å²) < 4.78 is 0. The van der Waals surface area contributed by atoms with Crippen LogP contribution in [0.4, 0.5) is 0 Å². The molecule has 0 aliphatic carbocycles.